The van der Waals surface area contributed by atoms with E-state index in [1.165, 1.54) is 0 Å². The predicted octanol–water partition coefficient (Wildman–Crippen LogP) is 2.92. The van der Waals surface area contributed by atoms with Crippen molar-refractivity contribution in [3.63, 3.8) is 0 Å². The third-order valence-electron chi connectivity index (χ3n) is 10.9. The molecule has 3 aromatic rings. The summed E-state index contributed by atoms with van der Waals surface area (Å²) in [5.74, 6) is 2.59. The van der Waals surface area contributed by atoms with Gasteiger partial charge in [0.15, 0.2) is 0 Å². The molecular formula is C36H59N9O4. The van der Waals surface area contributed by atoms with Crippen molar-refractivity contribution in [3.8, 4) is 0 Å². The van der Waals surface area contributed by atoms with Gasteiger partial charge < -0.3 is 28.1 Å². The summed E-state index contributed by atoms with van der Waals surface area (Å²) >= 11 is 0. The summed E-state index contributed by atoms with van der Waals surface area (Å²) in [4.78, 5) is 16.0. The average molecular weight is 682 g/mol. The zero-order valence-electron chi connectivity index (χ0n) is 30.7. The van der Waals surface area contributed by atoms with Crippen molar-refractivity contribution >= 4 is 0 Å². The van der Waals surface area contributed by atoms with E-state index in [-0.39, 0.29) is 0 Å². The van der Waals surface area contributed by atoms with E-state index in [1.54, 1.807) is 0 Å². The molecule has 0 N–H and O–H groups in total. The van der Waals surface area contributed by atoms with Crippen LogP contribution in [0.1, 0.15) is 53.6 Å². The van der Waals surface area contributed by atoms with Crippen molar-refractivity contribution in [1.82, 2.24) is 44.9 Å². The van der Waals surface area contributed by atoms with Crippen LogP contribution in [0.3, 0.4) is 0 Å². The topological polar surface area (TPSA) is 107 Å². The lowest BCUT2D eigenvalue weighted by Crippen LogP contribution is -2.71. The first-order valence-electron chi connectivity index (χ1n) is 18.4. The lowest BCUT2D eigenvalue weighted by Gasteiger charge is -2.55. The second-order valence-electron chi connectivity index (χ2n) is 14.9. The maximum Gasteiger partial charge on any atom is 0.134 e. The minimum atomic E-state index is 0.416. The van der Waals surface area contributed by atoms with Gasteiger partial charge in [-0.3, -0.25) is 19.6 Å². The molecule has 49 heavy (non-hydrogen) atoms. The lowest BCUT2D eigenvalue weighted by atomic mass is 9.92. The maximum atomic E-state index is 5.92. The Labute approximate surface area is 292 Å². The highest BCUT2D eigenvalue weighted by Gasteiger charge is 2.44. The van der Waals surface area contributed by atoms with E-state index in [0.717, 1.165) is 139 Å². The summed E-state index contributed by atoms with van der Waals surface area (Å²) in [6.45, 7) is 18.7. The Balaban J connectivity index is 1.10. The fourth-order valence-corrected chi connectivity index (χ4v) is 8.14. The van der Waals surface area contributed by atoms with Crippen molar-refractivity contribution in [3.05, 3.63) is 52.6 Å². The van der Waals surface area contributed by atoms with Crippen molar-refractivity contribution in [2.24, 2.45) is 0 Å². The standard InChI is InChI=1S/C36H59N9O4/c1-27-18-30(37-47-27)10-7-8-12-44-25-34(33-24-43(15-14-41(33)5)11-9-17-46-26-32-20-29(3)49-39-32)42(6)23-36(44)35-22-40(4)13-16-45(35)21-31-19-28(2)48-38-31/h18-20,33-36H,7-17,21-26H2,1-6H3. The van der Waals surface area contributed by atoms with E-state index < -0.39 is 0 Å². The second kappa shape index (κ2) is 17.0. The van der Waals surface area contributed by atoms with E-state index in [0.29, 0.717) is 30.8 Å². The second-order valence-corrected chi connectivity index (χ2v) is 14.9. The predicted molar refractivity (Wildman–Crippen MR) is 187 cm³/mol. The molecule has 0 bridgehead atoms. The quantitative estimate of drug-likeness (QED) is 0.220. The molecule has 3 aromatic heterocycles. The Morgan fingerprint density at radius 2 is 1.31 bits per heavy atom. The number of aryl methyl sites for hydroxylation is 4. The Hall–Kier alpha value is -2.65. The van der Waals surface area contributed by atoms with Crippen LogP contribution in [0.4, 0.5) is 0 Å². The summed E-state index contributed by atoms with van der Waals surface area (Å²) in [7, 11) is 6.97. The van der Waals surface area contributed by atoms with Crippen LogP contribution in [0.15, 0.2) is 31.8 Å². The van der Waals surface area contributed by atoms with Gasteiger partial charge in [-0.2, -0.15) is 0 Å². The molecule has 272 valence electrons. The van der Waals surface area contributed by atoms with Crippen LogP contribution in [0.2, 0.25) is 0 Å². The highest BCUT2D eigenvalue weighted by atomic mass is 16.5. The Morgan fingerprint density at radius 3 is 2.02 bits per heavy atom. The molecule has 0 amide bonds. The number of unbranched alkanes of at least 4 members (excludes halogenated alkanes) is 1. The number of nitrogens with zero attached hydrogens (tertiary/aromatic N) is 9. The molecule has 3 aliphatic heterocycles. The Kier molecular flexibility index (Phi) is 12.6. The summed E-state index contributed by atoms with van der Waals surface area (Å²) in [6, 6.07) is 7.89. The molecule has 6 rings (SSSR count). The van der Waals surface area contributed by atoms with Crippen molar-refractivity contribution in [2.45, 2.75) is 83.8 Å². The molecule has 0 spiro atoms. The normalized spacial score (nSPS) is 25.8. The van der Waals surface area contributed by atoms with E-state index in [9.17, 15) is 0 Å². The van der Waals surface area contributed by atoms with Crippen molar-refractivity contribution in [1.29, 1.82) is 0 Å². The van der Waals surface area contributed by atoms with Gasteiger partial charge in [0.05, 0.1) is 18.0 Å². The Morgan fingerprint density at radius 1 is 0.633 bits per heavy atom. The average Bonchev–Trinajstić information content (AvgIpc) is 3.82. The van der Waals surface area contributed by atoms with Crippen LogP contribution in [-0.2, 0) is 24.3 Å². The first-order chi connectivity index (χ1) is 23.7. The van der Waals surface area contributed by atoms with Gasteiger partial charge in [0, 0.05) is 114 Å². The molecule has 0 radical (unpaired) electrons. The summed E-state index contributed by atoms with van der Waals surface area (Å²) in [5.41, 5.74) is 2.96. The minimum Gasteiger partial charge on any atom is -0.375 e. The van der Waals surface area contributed by atoms with Gasteiger partial charge >= 0.3 is 0 Å². The molecule has 0 saturated carbocycles. The monoisotopic (exact) mass is 681 g/mol. The highest BCUT2D eigenvalue weighted by molar-refractivity contribution is 5.07. The minimum absolute atomic E-state index is 0.416. The molecule has 13 heteroatoms. The smallest absolute Gasteiger partial charge is 0.134 e. The van der Waals surface area contributed by atoms with Crippen LogP contribution >= 0.6 is 0 Å². The van der Waals surface area contributed by atoms with Gasteiger partial charge in [0.25, 0.3) is 0 Å². The number of piperazine rings is 3. The van der Waals surface area contributed by atoms with E-state index in [2.05, 4.69) is 78.1 Å². The molecule has 6 heterocycles. The third kappa shape index (κ3) is 9.78. The van der Waals surface area contributed by atoms with Crippen LogP contribution in [0.25, 0.3) is 0 Å². The first-order valence-corrected chi connectivity index (χ1v) is 18.4. The van der Waals surface area contributed by atoms with Gasteiger partial charge in [-0.05, 0) is 74.1 Å². The van der Waals surface area contributed by atoms with Gasteiger partial charge in [0.1, 0.15) is 23.0 Å². The molecule has 3 fully saturated rings. The lowest BCUT2D eigenvalue weighted by molar-refractivity contribution is -0.0603. The van der Waals surface area contributed by atoms with E-state index >= 15 is 0 Å². The summed E-state index contributed by atoms with van der Waals surface area (Å²) in [6.07, 6.45) is 4.23. The zero-order chi connectivity index (χ0) is 34.3. The zero-order valence-corrected chi connectivity index (χ0v) is 30.7. The van der Waals surface area contributed by atoms with Crippen LogP contribution in [0.5, 0.6) is 0 Å². The molecular weight excluding hydrogens is 622 g/mol. The molecule has 0 aromatic carbocycles. The highest BCUT2D eigenvalue weighted by Crippen LogP contribution is 2.28. The summed E-state index contributed by atoms with van der Waals surface area (Å²) in [5, 5.41) is 12.7. The fraction of sp³-hybridized carbons (Fsp3) is 0.750. The van der Waals surface area contributed by atoms with E-state index in [1.807, 2.05) is 26.8 Å². The fourth-order valence-electron chi connectivity index (χ4n) is 8.14. The third-order valence-corrected chi connectivity index (χ3v) is 10.9. The number of aromatic nitrogens is 3. The van der Waals surface area contributed by atoms with Crippen molar-refractivity contribution < 1.29 is 18.3 Å². The number of ether oxygens (including phenoxy) is 1. The molecule has 13 nitrogen and oxygen atoms in total. The molecule has 0 aliphatic carbocycles. The largest absolute Gasteiger partial charge is 0.375 e. The number of hydrogen-bond donors (Lipinski definition) is 0. The maximum absolute atomic E-state index is 5.92. The van der Waals surface area contributed by atoms with Crippen molar-refractivity contribution in [2.75, 3.05) is 93.2 Å². The molecule has 4 unspecified atom stereocenters. The molecule has 3 aliphatic rings. The van der Waals surface area contributed by atoms with Crippen LogP contribution < -0.4 is 0 Å². The van der Waals surface area contributed by atoms with Crippen LogP contribution in [0, 0.1) is 20.8 Å². The molecule has 3 saturated heterocycles. The SMILES string of the molecule is Cc1cc(CCCCN2CC(C3CN(CCCOCc4cc(C)on4)CCN3C)N(C)CC2C2CN(C)CCN2Cc2cc(C)on2)no1. The van der Waals surface area contributed by atoms with Gasteiger partial charge in [-0.15, -0.1) is 0 Å². The van der Waals surface area contributed by atoms with Crippen LogP contribution in [-0.4, -0.2) is 162 Å². The van der Waals surface area contributed by atoms with Gasteiger partial charge in [-0.25, -0.2) is 0 Å². The number of hydrogen-bond acceptors (Lipinski definition) is 13. The number of rotatable bonds is 15. The van der Waals surface area contributed by atoms with Gasteiger partial charge in [-0.1, -0.05) is 15.5 Å². The summed E-state index contributed by atoms with van der Waals surface area (Å²) < 4.78 is 21.9. The Bertz CT molecular complexity index is 1430. The van der Waals surface area contributed by atoms with Gasteiger partial charge in [0.2, 0.25) is 0 Å². The van der Waals surface area contributed by atoms with E-state index in [4.69, 9.17) is 18.3 Å². The molecule has 4 atom stereocenters. The number of likely N-dealkylation sites (N-methyl/N-ethyl adjacent to an activating group) is 3. The first kappa shape index (κ1) is 36.2.